The number of hydrogen-bond donors (Lipinski definition) is 1. The first-order valence-corrected chi connectivity index (χ1v) is 6.01. The minimum atomic E-state index is -0.860. The monoisotopic (exact) mass is 226 g/mol. The van der Waals surface area contributed by atoms with Gasteiger partial charge >= 0.3 is 5.97 Å². The van der Waals surface area contributed by atoms with E-state index < -0.39 is 5.97 Å². The summed E-state index contributed by atoms with van der Waals surface area (Å²) < 4.78 is 0. The Morgan fingerprint density at radius 2 is 2.00 bits per heavy atom. The largest absolute Gasteiger partial charge is 0.478 e. The summed E-state index contributed by atoms with van der Waals surface area (Å²) in [4.78, 5) is 10.9. The quantitative estimate of drug-likeness (QED) is 0.845. The number of aromatic carboxylic acids is 1. The lowest BCUT2D eigenvalue weighted by molar-refractivity contribution is 0.0697. The van der Waals surface area contributed by atoms with Crippen LogP contribution in [0.15, 0.2) is 36.4 Å². The zero-order valence-electron chi connectivity index (χ0n) is 9.52. The van der Waals surface area contributed by atoms with Crippen LogP contribution >= 0.6 is 0 Å². The smallest absolute Gasteiger partial charge is 0.335 e. The van der Waals surface area contributed by atoms with Crippen molar-refractivity contribution >= 4 is 16.7 Å². The Hall–Kier alpha value is -1.83. The highest BCUT2D eigenvalue weighted by atomic mass is 16.4. The Morgan fingerprint density at radius 3 is 2.65 bits per heavy atom. The highest BCUT2D eigenvalue weighted by molar-refractivity contribution is 5.95. The number of hydrogen-bond acceptors (Lipinski definition) is 1. The zero-order valence-corrected chi connectivity index (χ0v) is 9.52. The third-order valence-electron chi connectivity index (χ3n) is 3.71. The molecule has 2 aromatic carbocycles. The number of fused-ring (bicyclic) bond motifs is 1. The molecule has 17 heavy (non-hydrogen) atoms. The molecular weight excluding hydrogens is 212 g/mol. The second-order valence-corrected chi connectivity index (χ2v) is 4.72. The van der Waals surface area contributed by atoms with Gasteiger partial charge in [-0.15, -0.1) is 0 Å². The fraction of sp³-hybridized carbons (Fsp3) is 0.267. The Bertz CT molecular complexity index is 582. The number of benzene rings is 2. The predicted molar refractivity (Wildman–Crippen MR) is 67.5 cm³/mol. The van der Waals surface area contributed by atoms with Crippen molar-refractivity contribution in [2.75, 3.05) is 0 Å². The van der Waals surface area contributed by atoms with Crippen molar-refractivity contribution in [2.24, 2.45) is 0 Å². The summed E-state index contributed by atoms with van der Waals surface area (Å²) in [5, 5.41) is 11.2. The molecule has 0 heterocycles. The van der Waals surface area contributed by atoms with Crippen LogP contribution < -0.4 is 0 Å². The molecule has 1 fully saturated rings. The SMILES string of the molecule is O=C(O)c1ccc2c(C3CCC3)cccc2c1. The van der Waals surface area contributed by atoms with E-state index in [9.17, 15) is 4.79 Å². The van der Waals surface area contributed by atoms with E-state index in [1.165, 1.54) is 30.2 Å². The van der Waals surface area contributed by atoms with Crippen LogP contribution in [-0.4, -0.2) is 11.1 Å². The van der Waals surface area contributed by atoms with Gasteiger partial charge in [0.05, 0.1) is 5.56 Å². The van der Waals surface area contributed by atoms with E-state index in [0.29, 0.717) is 11.5 Å². The van der Waals surface area contributed by atoms with Gasteiger partial charge < -0.3 is 5.11 Å². The molecule has 3 rings (SSSR count). The maximum atomic E-state index is 10.9. The number of rotatable bonds is 2. The Morgan fingerprint density at radius 1 is 1.18 bits per heavy atom. The van der Waals surface area contributed by atoms with Crippen LogP contribution in [0, 0.1) is 0 Å². The van der Waals surface area contributed by atoms with Crippen molar-refractivity contribution in [3.05, 3.63) is 47.5 Å². The molecule has 2 aromatic rings. The molecular formula is C15H14O2. The van der Waals surface area contributed by atoms with Gasteiger partial charge in [0.15, 0.2) is 0 Å². The molecule has 0 amide bonds. The van der Waals surface area contributed by atoms with Gasteiger partial charge in [0.1, 0.15) is 0 Å². The first-order chi connectivity index (χ1) is 8.25. The molecule has 0 spiro atoms. The van der Waals surface area contributed by atoms with Gasteiger partial charge in [-0.05, 0) is 47.2 Å². The molecule has 1 aliphatic carbocycles. The first-order valence-electron chi connectivity index (χ1n) is 6.01. The van der Waals surface area contributed by atoms with Gasteiger partial charge in [-0.2, -0.15) is 0 Å². The lowest BCUT2D eigenvalue weighted by Crippen LogP contribution is -2.09. The number of carboxylic acids is 1. The predicted octanol–water partition coefficient (Wildman–Crippen LogP) is 3.81. The third kappa shape index (κ3) is 1.70. The summed E-state index contributed by atoms with van der Waals surface area (Å²) in [6.07, 6.45) is 3.84. The zero-order chi connectivity index (χ0) is 11.8. The summed E-state index contributed by atoms with van der Waals surface area (Å²) in [7, 11) is 0. The maximum absolute atomic E-state index is 10.9. The summed E-state index contributed by atoms with van der Waals surface area (Å²) in [5.74, 6) is -0.185. The van der Waals surface area contributed by atoms with E-state index in [4.69, 9.17) is 5.11 Å². The van der Waals surface area contributed by atoms with E-state index in [0.717, 1.165) is 5.39 Å². The van der Waals surface area contributed by atoms with Crippen molar-refractivity contribution in [1.29, 1.82) is 0 Å². The fourth-order valence-corrected chi connectivity index (χ4v) is 2.52. The number of carbonyl (C=O) groups is 1. The topological polar surface area (TPSA) is 37.3 Å². The van der Waals surface area contributed by atoms with Crippen LogP contribution in [0.3, 0.4) is 0 Å². The van der Waals surface area contributed by atoms with Crippen molar-refractivity contribution < 1.29 is 9.90 Å². The maximum Gasteiger partial charge on any atom is 0.335 e. The van der Waals surface area contributed by atoms with Crippen molar-refractivity contribution in [3.63, 3.8) is 0 Å². The van der Waals surface area contributed by atoms with Crippen LogP contribution in [0.1, 0.15) is 41.1 Å². The van der Waals surface area contributed by atoms with Crippen molar-refractivity contribution in [3.8, 4) is 0 Å². The van der Waals surface area contributed by atoms with E-state index in [1.807, 2.05) is 18.2 Å². The molecule has 0 saturated heterocycles. The molecule has 0 radical (unpaired) electrons. The molecule has 86 valence electrons. The Balaban J connectivity index is 2.16. The van der Waals surface area contributed by atoms with Gasteiger partial charge in [0, 0.05) is 0 Å². The lowest BCUT2D eigenvalue weighted by atomic mass is 9.78. The summed E-state index contributed by atoms with van der Waals surface area (Å²) in [5.41, 5.74) is 1.74. The molecule has 1 N–H and O–H groups in total. The number of carboxylic acid groups (broad SMARTS) is 1. The fourth-order valence-electron chi connectivity index (χ4n) is 2.52. The second-order valence-electron chi connectivity index (χ2n) is 4.72. The summed E-state index contributed by atoms with van der Waals surface area (Å²) >= 11 is 0. The molecule has 2 heteroatoms. The van der Waals surface area contributed by atoms with Crippen LogP contribution in [0.4, 0.5) is 0 Å². The van der Waals surface area contributed by atoms with E-state index in [-0.39, 0.29) is 0 Å². The van der Waals surface area contributed by atoms with E-state index >= 15 is 0 Å². The molecule has 0 unspecified atom stereocenters. The van der Waals surface area contributed by atoms with Gasteiger partial charge in [-0.1, -0.05) is 30.7 Å². The molecule has 0 aliphatic heterocycles. The van der Waals surface area contributed by atoms with Gasteiger partial charge in [-0.3, -0.25) is 0 Å². The van der Waals surface area contributed by atoms with Gasteiger partial charge in [0.25, 0.3) is 0 Å². The third-order valence-corrected chi connectivity index (χ3v) is 3.71. The van der Waals surface area contributed by atoms with Crippen LogP contribution in [-0.2, 0) is 0 Å². The second kappa shape index (κ2) is 3.88. The summed E-state index contributed by atoms with van der Waals surface area (Å²) in [6.45, 7) is 0. The van der Waals surface area contributed by atoms with Gasteiger partial charge in [0.2, 0.25) is 0 Å². The van der Waals surface area contributed by atoms with Crippen LogP contribution in [0.2, 0.25) is 0 Å². The standard InChI is InChI=1S/C15H14O2/c16-15(17)12-7-8-14-11(9-12)5-2-6-13(14)10-3-1-4-10/h2,5-10H,1,3-4H2,(H,16,17). The average molecular weight is 226 g/mol. The minimum Gasteiger partial charge on any atom is -0.478 e. The summed E-state index contributed by atoms with van der Waals surface area (Å²) in [6, 6.07) is 11.6. The minimum absolute atomic E-state index is 0.364. The Kier molecular flexibility index (Phi) is 2.36. The van der Waals surface area contributed by atoms with Crippen molar-refractivity contribution in [1.82, 2.24) is 0 Å². The molecule has 1 saturated carbocycles. The molecule has 0 atom stereocenters. The molecule has 0 bridgehead atoms. The Labute approximate surface area is 99.9 Å². The van der Waals surface area contributed by atoms with E-state index in [1.54, 1.807) is 12.1 Å². The van der Waals surface area contributed by atoms with Gasteiger partial charge in [-0.25, -0.2) is 4.79 Å². The normalized spacial score (nSPS) is 15.8. The first kappa shape index (κ1) is 10.3. The molecule has 2 nitrogen and oxygen atoms in total. The highest BCUT2D eigenvalue weighted by Crippen LogP contribution is 2.39. The van der Waals surface area contributed by atoms with Crippen molar-refractivity contribution in [2.45, 2.75) is 25.2 Å². The van der Waals surface area contributed by atoms with Crippen LogP contribution in [0.25, 0.3) is 10.8 Å². The molecule has 0 aromatic heterocycles. The van der Waals surface area contributed by atoms with E-state index in [2.05, 4.69) is 6.07 Å². The molecule has 1 aliphatic rings. The average Bonchev–Trinajstić information content (AvgIpc) is 2.26. The van der Waals surface area contributed by atoms with Crippen LogP contribution in [0.5, 0.6) is 0 Å². The highest BCUT2D eigenvalue weighted by Gasteiger charge is 2.21. The lowest BCUT2D eigenvalue weighted by Gasteiger charge is -2.27.